The van der Waals surface area contributed by atoms with Gasteiger partial charge in [-0.15, -0.1) is 0 Å². The molecule has 1 fully saturated rings. The van der Waals surface area contributed by atoms with Gasteiger partial charge in [0.1, 0.15) is 17.5 Å². The Morgan fingerprint density at radius 2 is 2.06 bits per heavy atom. The molecule has 1 aliphatic rings. The van der Waals surface area contributed by atoms with E-state index in [9.17, 15) is 0 Å². The molecule has 4 nitrogen and oxygen atoms in total. The molecule has 0 aromatic carbocycles. The van der Waals surface area contributed by atoms with Gasteiger partial charge in [-0.2, -0.15) is 0 Å². The van der Waals surface area contributed by atoms with Gasteiger partial charge in [-0.25, -0.2) is 9.97 Å². The number of hydrogen-bond acceptors (Lipinski definition) is 4. The molecule has 2 heterocycles. The van der Waals surface area contributed by atoms with E-state index in [2.05, 4.69) is 34.0 Å². The predicted octanol–water partition coefficient (Wildman–Crippen LogP) is 2.12. The lowest BCUT2D eigenvalue weighted by molar-refractivity contribution is 0.722. The second kappa shape index (κ2) is 4.28. The summed E-state index contributed by atoms with van der Waals surface area (Å²) >= 11 is 0. The molecule has 1 atom stereocenters. The number of aryl methyl sites for hydroxylation is 1. The molecular weight excluding hydrogens is 200 g/mol. The van der Waals surface area contributed by atoms with Gasteiger partial charge in [0.05, 0.1) is 0 Å². The molecule has 1 unspecified atom stereocenters. The lowest BCUT2D eigenvalue weighted by atomic mass is 10.2. The number of rotatable bonds is 2. The molecule has 0 spiro atoms. The molecule has 4 heteroatoms. The summed E-state index contributed by atoms with van der Waals surface area (Å²) in [6.07, 6.45) is 2.52. The second-order valence-electron chi connectivity index (χ2n) is 4.50. The number of anilines is 2. The molecule has 1 aromatic heterocycles. The zero-order valence-electron chi connectivity index (χ0n) is 10.5. The summed E-state index contributed by atoms with van der Waals surface area (Å²) in [5, 5.41) is 3.14. The Morgan fingerprint density at radius 3 is 2.62 bits per heavy atom. The van der Waals surface area contributed by atoms with E-state index < -0.39 is 0 Å². The third-order valence-corrected chi connectivity index (χ3v) is 3.29. The molecule has 1 aliphatic heterocycles. The van der Waals surface area contributed by atoms with Crippen molar-refractivity contribution >= 4 is 11.6 Å². The summed E-state index contributed by atoms with van der Waals surface area (Å²) < 4.78 is 0. The average molecular weight is 220 g/mol. The van der Waals surface area contributed by atoms with Gasteiger partial charge in [0.15, 0.2) is 0 Å². The van der Waals surface area contributed by atoms with Crippen LogP contribution in [0, 0.1) is 13.8 Å². The minimum atomic E-state index is 0.595. The standard InChI is InChI=1S/C12H20N4/c1-8-6-5-7-16(8)12-9(2)11(13-4)14-10(3)15-12/h8H,5-7H2,1-4H3,(H,13,14,15). The average Bonchev–Trinajstić information content (AvgIpc) is 2.67. The zero-order valence-corrected chi connectivity index (χ0v) is 10.5. The van der Waals surface area contributed by atoms with Crippen molar-refractivity contribution in [2.45, 2.75) is 39.7 Å². The molecule has 0 aliphatic carbocycles. The largest absolute Gasteiger partial charge is 0.373 e. The Balaban J connectivity index is 2.43. The van der Waals surface area contributed by atoms with Crippen LogP contribution in [0.3, 0.4) is 0 Å². The molecule has 16 heavy (non-hydrogen) atoms. The van der Waals surface area contributed by atoms with Crippen molar-refractivity contribution in [1.82, 2.24) is 9.97 Å². The zero-order chi connectivity index (χ0) is 11.7. The van der Waals surface area contributed by atoms with E-state index in [1.165, 1.54) is 12.8 Å². The fourth-order valence-electron chi connectivity index (χ4n) is 2.38. The van der Waals surface area contributed by atoms with E-state index in [0.29, 0.717) is 6.04 Å². The summed E-state index contributed by atoms with van der Waals surface area (Å²) in [7, 11) is 1.91. The minimum Gasteiger partial charge on any atom is -0.373 e. The normalized spacial score (nSPS) is 20.2. The predicted molar refractivity (Wildman–Crippen MR) is 67.1 cm³/mol. The van der Waals surface area contributed by atoms with Crippen LogP contribution in [-0.4, -0.2) is 29.6 Å². The Bertz CT molecular complexity index is 389. The topological polar surface area (TPSA) is 41.1 Å². The monoisotopic (exact) mass is 220 g/mol. The van der Waals surface area contributed by atoms with E-state index in [4.69, 9.17) is 0 Å². The van der Waals surface area contributed by atoms with Crippen molar-refractivity contribution in [3.05, 3.63) is 11.4 Å². The minimum absolute atomic E-state index is 0.595. The van der Waals surface area contributed by atoms with Gasteiger partial charge < -0.3 is 10.2 Å². The number of hydrogen-bond donors (Lipinski definition) is 1. The van der Waals surface area contributed by atoms with Gasteiger partial charge in [0.25, 0.3) is 0 Å². The molecule has 1 aromatic rings. The highest BCUT2D eigenvalue weighted by atomic mass is 15.2. The molecule has 1 saturated heterocycles. The maximum absolute atomic E-state index is 4.59. The van der Waals surface area contributed by atoms with Crippen LogP contribution in [0.5, 0.6) is 0 Å². The van der Waals surface area contributed by atoms with Gasteiger partial charge in [0, 0.05) is 25.2 Å². The van der Waals surface area contributed by atoms with E-state index in [1.807, 2.05) is 14.0 Å². The Hall–Kier alpha value is -1.32. The maximum Gasteiger partial charge on any atom is 0.137 e. The highest BCUT2D eigenvalue weighted by Crippen LogP contribution is 2.29. The van der Waals surface area contributed by atoms with Gasteiger partial charge in [-0.05, 0) is 33.6 Å². The van der Waals surface area contributed by atoms with Gasteiger partial charge in [-0.1, -0.05) is 0 Å². The smallest absolute Gasteiger partial charge is 0.137 e. The molecule has 0 amide bonds. The summed E-state index contributed by atoms with van der Waals surface area (Å²) in [6, 6.07) is 0.595. The van der Waals surface area contributed by atoms with Crippen molar-refractivity contribution in [2.24, 2.45) is 0 Å². The Kier molecular flexibility index (Phi) is 2.99. The number of aromatic nitrogens is 2. The van der Waals surface area contributed by atoms with Crippen molar-refractivity contribution in [1.29, 1.82) is 0 Å². The van der Waals surface area contributed by atoms with Crippen LogP contribution in [0.2, 0.25) is 0 Å². The first-order valence-electron chi connectivity index (χ1n) is 5.93. The van der Waals surface area contributed by atoms with Gasteiger partial charge in [0.2, 0.25) is 0 Å². The molecule has 2 rings (SSSR count). The first-order valence-corrected chi connectivity index (χ1v) is 5.93. The number of nitrogens with zero attached hydrogens (tertiary/aromatic N) is 3. The van der Waals surface area contributed by atoms with Crippen molar-refractivity contribution < 1.29 is 0 Å². The summed E-state index contributed by atoms with van der Waals surface area (Å²) in [6.45, 7) is 7.42. The van der Waals surface area contributed by atoms with Gasteiger partial charge in [-0.3, -0.25) is 0 Å². The highest BCUT2D eigenvalue weighted by molar-refractivity contribution is 5.59. The maximum atomic E-state index is 4.59. The molecule has 1 N–H and O–H groups in total. The third kappa shape index (κ3) is 1.84. The Morgan fingerprint density at radius 1 is 1.31 bits per heavy atom. The van der Waals surface area contributed by atoms with Crippen LogP contribution < -0.4 is 10.2 Å². The first-order chi connectivity index (χ1) is 7.63. The van der Waals surface area contributed by atoms with Crippen LogP contribution in [0.15, 0.2) is 0 Å². The van der Waals surface area contributed by atoms with E-state index in [0.717, 1.165) is 29.6 Å². The van der Waals surface area contributed by atoms with Gasteiger partial charge >= 0.3 is 0 Å². The van der Waals surface area contributed by atoms with E-state index in [1.54, 1.807) is 0 Å². The summed E-state index contributed by atoms with van der Waals surface area (Å²) in [5.74, 6) is 2.88. The third-order valence-electron chi connectivity index (χ3n) is 3.29. The molecule has 0 saturated carbocycles. The fraction of sp³-hybridized carbons (Fsp3) is 0.667. The Labute approximate surface area is 97.1 Å². The SMILES string of the molecule is CNc1nc(C)nc(N2CCCC2C)c1C. The highest BCUT2D eigenvalue weighted by Gasteiger charge is 2.24. The molecule has 0 bridgehead atoms. The summed E-state index contributed by atoms with van der Waals surface area (Å²) in [4.78, 5) is 11.4. The van der Waals surface area contributed by atoms with E-state index >= 15 is 0 Å². The lowest BCUT2D eigenvalue weighted by Gasteiger charge is -2.25. The van der Waals surface area contributed by atoms with Crippen LogP contribution in [0.1, 0.15) is 31.2 Å². The quantitative estimate of drug-likeness (QED) is 0.829. The van der Waals surface area contributed by atoms with Crippen molar-refractivity contribution in [3.8, 4) is 0 Å². The molecule has 0 radical (unpaired) electrons. The van der Waals surface area contributed by atoms with Crippen LogP contribution >= 0.6 is 0 Å². The molecular formula is C12H20N4. The van der Waals surface area contributed by atoms with Crippen molar-refractivity contribution in [2.75, 3.05) is 23.8 Å². The number of nitrogens with one attached hydrogen (secondary N) is 1. The van der Waals surface area contributed by atoms with E-state index in [-0.39, 0.29) is 0 Å². The second-order valence-corrected chi connectivity index (χ2v) is 4.50. The first kappa shape index (κ1) is 11.2. The summed E-state index contributed by atoms with van der Waals surface area (Å²) in [5.41, 5.74) is 1.15. The van der Waals surface area contributed by atoms with Crippen LogP contribution in [-0.2, 0) is 0 Å². The van der Waals surface area contributed by atoms with Crippen LogP contribution in [0.4, 0.5) is 11.6 Å². The van der Waals surface area contributed by atoms with Crippen molar-refractivity contribution in [3.63, 3.8) is 0 Å². The fourth-order valence-corrected chi connectivity index (χ4v) is 2.38. The lowest BCUT2D eigenvalue weighted by Crippen LogP contribution is -2.28. The molecule has 88 valence electrons. The van der Waals surface area contributed by atoms with Crippen LogP contribution in [0.25, 0.3) is 0 Å².